The number of likely N-dealkylation sites (N-methyl/N-ethyl adjacent to an activating group) is 1. The van der Waals surface area contributed by atoms with Crippen LogP contribution in [0.5, 0.6) is 0 Å². The molecule has 31 heavy (non-hydrogen) atoms. The summed E-state index contributed by atoms with van der Waals surface area (Å²) in [6.07, 6.45) is 25.0. The average Bonchev–Trinajstić information content (AvgIpc) is 3.55. The van der Waals surface area contributed by atoms with Gasteiger partial charge in [-0.1, -0.05) is 42.5 Å². The van der Waals surface area contributed by atoms with E-state index in [0.29, 0.717) is 17.8 Å². The molecule has 0 spiro atoms. The van der Waals surface area contributed by atoms with E-state index in [1.165, 1.54) is 5.70 Å². The van der Waals surface area contributed by atoms with Crippen molar-refractivity contribution in [2.45, 2.75) is 37.5 Å². The summed E-state index contributed by atoms with van der Waals surface area (Å²) in [6, 6.07) is 2.06. The molecule has 162 valence electrons. The number of hydrogen-bond donors (Lipinski definition) is 1. The summed E-state index contributed by atoms with van der Waals surface area (Å²) < 4.78 is 6.18. The van der Waals surface area contributed by atoms with Crippen LogP contribution in [0.3, 0.4) is 0 Å². The Bertz CT molecular complexity index is 960. The molecule has 3 aliphatic carbocycles. The third-order valence-corrected chi connectivity index (χ3v) is 6.71. The minimum Gasteiger partial charge on any atom is -0.498 e. The molecule has 0 amide bonds. The third kappa shape index (κ3) is 4.52. The molecular formula is C26H32N4O. The van der Waals surface area contributed by atoms with Crippen molar-refractivity contribution >= 4 is 5.95 Å². The molecule has 1 saturated carbocycles. The van der Waals surface area contributed by atoms with Crippen LogP contribution in [0.1, 0.15) is 37.8 Å². The van der Waals surface area contributed by atoms with Crippen LogP contribution in [0.25, 0.3) is 0 Å². The Kier molecular flexibility index (Phi) is 5.77. The molecule has 5 rings (SSSR count). The lowest BCUT2D eigenvalue weighted by molar-refractivity contribution is 0.190. The topological polar surface area (TPSA) is 50.3 Å². The van der Waals surface area contributed by atoms with E-state index in [2.05, 4.69) is 76.9 Å². The highest BCUT2D eigenvalue weighted by molar-refractivity contribution is 5.47. The molecule has 3 atom stereocenters. The van der Waals surface area contributed by atoms with E-state index in [1.54, 1.807) is 0 Å². The summed E-state index contributed by atoms with van der Waals surface area (Å²) in [5.41, 5.74) is 2.27. The molecule has 6 bridgehead atoms. The summed E-state index contributed by atoms with van der Waals surface area (Å²) >= 11 is 0. The summed E-state index contributed by atoms with van der Waals surface area (Å²) in [7, 11) is 2.20. The molecule has 0 aromatic carbocycles. The molecule has 1 fully saturated rings. The summed E-state index contributed by atoms with van der Waals surface area (Å²) in [5.74, 6) is 2.69. The number of rotatable bonds is 0. The fourth-order valence-corrected chi connectivity index (χ4v) is 4.97. The maximum atomic E-state index is 6.18. The Labute approximate surface area is 185 Å². The Hall–Kier alpha value is -2.66. The van der Waals surface area contributed by atoms with Gasteiger partial charge in [0.2, 0.25) is 5.95 Å². The van der Waals surface area contributed by atoms with Crippen molar-refractivity contribution in [3.05, 3.63) is 78.0 Å². The SMILES string of the molecule is CN1C/C=C/CCCOC2=CC=CC3(CC23)c2ccnc(n2)NC2=CCC=CC(C2)C1. The number of hydrogen-bond acceptors (Lipinski definition) is 5. The van der Waals surface area contributed by atoms with Crippen LogP contribution in [0.4, 0.5) is 5.95 Å². The molecule has 1 aromatic heterocycles. The van der Waals surface area contributed by atoms with Gasteiger partial charge in [-0.15, -0.1) is 0 Å². The van der Waals surface area contributed by atoms with Gasteiger partial charge in [0.25, 0.3) is 0 Å². The normalized spacial score (nSPS) is 31.9. The first kappa shape index (κ1) is 20.3. The summed E-state index contributed by atoms with van der Waals surface area (Å²) in [4.78, 5) is 11.9. The number of nitrogens with one attached hydrogen (secondary N) is 1. The molecule has 1 aliphatic heterocycles. The van der Waals surface area contributed by atoms with E-state index in [1.807, 2.05) is 6.20 Å². The van der Waals surface area contributed by atoms with E-state index in [-0.39, 0.29) is 5.41 Å². The molecule has 0 radical (unpaired) electrons. The Balaban J connectivity index is 1.40. The molecule has 5 heteroatoms. The predicted octanol–water partition coefficient (Wildman–Crippen LogP) is 4.75. The van der Waals surface area contributed by atoms with Gasteiger partial charge in [0.05, 0.1) is 12.3 Å². The highest BCUT2D eigenvalue weighted by Crippen LogP contribution is 2.60. The summed E-state index contributed by atoms with van der Waals surface area (Å²) in [5, 5.41) is 3.53. The fraction of sp³-hybridized carbons (Fsp3) is 0.462. The van der Waals surface area contributed by atoms with E-state index in [0.717, 1.165) is 63.3 Å². The van der Waals surface area contributed by atoms with Crippen LogP contribution in [-0.4, -0.2) is 41.6 Å². The van der Waals surface area contributed by atoms with Crippen LogP contribution in [0.2, 0.25) is 0 Å². The van der Waals surface area contributed by atoms with Gasteiger partial charge in [0, 0.05) is 36.3 Å². The number of aromatic nitrogens is 2. The van der Waals surface area contributed by atoms with Crippen molar-refractivity contribution in [2.24, 2.45) is 11.8 Å². The van der Waals surface area contributed by atoms with E-state index in [4.69, 9.17) is 9.72 Å². The molecule has 2 heterocycles. The second kappa shape index (κ2) is 8.83. The van der Waals surface area contributed by atoms with E-state index in [9.17, 15) is 0 Å². The zero-order valence-electron chi connectivity index (χ0n) is 18.3. The largest absolute Gasteiger partial charge is 0.498 e. The summed E-state index contributed by atoms with van der Waals surface area (Å²) in [6.45, 7) is 2.78. The third-order valence-electron chi connectivity index (χ3n) is 6.71. The van der Waals surface area contributed by atoms with Crippen molar-refractivity contribution in [1.82, 2.24) is 14.9 Å². The maximum Gasteiger partial charge on any atom is 0.227 e. The smallest absolute Gasteiger partial charge is 0.227 e. The standard InChI is InChI=1S/C26H32N4O/c1-30-15-6-2-3-7-16-31-23-11-8-13-26(18-22(23)26)24-12-14-27-25(29-24)28-21-10-5-4-9-20(17-21)19-30/h2,4,6,8-14,20,22H,3,5,7,15-19H2,1H3,(H,27,28,29)/b6-2+. The molecule has 1 aromatic rings. The van der Waals surface area contributed by atoms with E-state index >= 15 is 0 Å². The molecule has 3 unspecified atom stereocenters. The van der Waals surface area contributed by atoms with Crippen molar-refractivity contribution in [3.63, 3.8) is 0 Å². The van der Waals surface area contributed by atoms with Gasteiger partial charge in [0.1, 0.15) is 5.76 Å². The average molecular weight is 417 g/mol. The number of allylic oxidation sites excluding steroid dienone is 8. The zero-order chi connectivity index (χ0) is 21.1. The van der Waals surface area contributed by atoms with Gasteiger partial charge in [-0.2, -0.15) is 0 Å². The van der Waals surface area contributed by atoms with Crippen LogP contribution < -0.4 is 5.32 Å². The molecule has 5 nitrogen and oxygen atoms in total. The molecule has 4 aliphatic rings. The quantitative estimate of drug-likeness (QED) is 0.619. The van der Waals surface area contributed by atoms with Gasteiger partial charge in [-0.05, 0) is 57.2 Å². The van der Waals surface area contributed by atoms with Crippen LogP contribution >= 0.6 is 0 Å². The monoisotopic (exact) mass is 416 g/mol. The first-order valence-corrected chi connectivity index (χ1v) is 11.5. The highest BCUT2D eigenvalue weighted by Gasteiger charge is 2.58. The lowest BCUT2D eigenvalue weighted by Crippen LogP contribution is -2.26. The van der Waals surface area contributed by atoms with E-state index < -0.39 is 0 Å². The molecule has 0 saturated heterocycles. The number of ether oxygens (including phenoxy) is 1. The fourth-order valence-electron chi connectivity index (χ4n) is 4.97. The Morgan fingerprint density at radius 2 is 2.23 bits per heavy atom. The van der Waals surface area contributed by atoms with Crippen molar-refractivity contribution in [3.8, 4) is 0 Å². The van der Waals surface area contributed by atoms with Gasteiger partial charge in [-0.3, -0.25) is 0 Å². The highest BCUT2D eigenvalue weighted by atomic mass is 16.5. The lowest BCUT2D eigenvalue weighted by Gasteiger charge is -2.22. The minimum atomic E-state index is -0.0308. The predicted molar refractivity (Wildman–Crippen MR) is 124 cm³/mol. The van der Waals surface area contributed by atoms with Crippen molar-refractivity contribution in [2.75, 3.05) is 32.1 Å². The zero-order valence-corrected chi connectivity index (χ0v) is 18.3. The van der Waals surface area contributed by atoms with Crippen molar-refractivity contribution in [1.29, 1.82) is 0 Å². The molecular weight excluding hydrogens is 384 g/mol. The Morgan fingerprint density at radius 3 is 3.19 bits per heavy atom. The van der Waals surface area contributed by atoms with Crippen molar-refractivity contribution < 1.29 is 4.74 Å². The van der Waals surface area contributed by atoms with Crippen LogP contribution in [0.15, 0.2) is 72.3 Å². The van der Waals surface area contributed by atoms with Crippen LogP contribution in [-0.2, 0) is 10.2 Å². The second-order valence-corrected chi connectivity index (χ2v) is 9.16. The van der Waals surface area contributed by atoms with Gasteiger partial charge >= 0.3 is 0 Å². The first-order chi connectivity index (χ1) is 15.2. The minimum absolute atomic E-state index is 0.0308. The number of nitrogens with zero attached hydrogens (tertiary/aromatic N) is 3. The lowest BCUT2D eigenvalue weighted by atomic mass is 9.94. The second-order valence-electron chi connectivity index (χ2n) is 9.16. The van der Waals surface area contributed by atoms with Crippen LogP contribution in [0, 0.1) is 11.8 Å². The Morgan fingerprint density at radius 1 is 1.26 bits per heavy atom. The number of fused-ring (bicyclic) bond motifs is 4. The maximum absolute atomic E-state index is 6.18. The molecule has 1 N–H and O–H groups in total. The van der Waals surface area contributed by atoms with Gasteiger partial charge in [0.15, 0.2) is 0 Å². The number of anilines is 1. The van der Waals surface area contributed by atoms with Gasteiger partial charge in [-0.25, -0.2) is 9.97 Å². The van der Waals surface area contributed by atoms with Gasteiger partial charge < -0.3 is 15.0 Å². The first-order valence-electron chi connectivity index (χ1n) is 11.5.